The average molecular weight is 443 g/mol. The molecular weight excluding hydrogens is 424 g/mol. The molecule has 3 heterocycles. The van der Waals surface area contributed by atoms with Crippen molar-refractivity contribution in [2.24, 2.45) is 0 Å². The van der Waals surface area contributed by atoms with Crippen molar-refractivity contribution in [3.8, 4) is 11.4 Å². The smallest absolute Gasteiger partial charge is 0.191 e. The third kappa shape index (κ3) is 4.19. The summed E-state index contributed by atoms with van der Waals surface area (Å²) >= 11 is 9.46. The van der Waals surface area contributed by atoms with Crippen molar-refractivity contribution in [3.63, 3.8) is 0 Å². The minimum Gasteiger partial charge on any atom is -0.376 e. The molecule has 1 atom stereocenters. The quantitative estimate of drug-likeness (QED) is 0.359. The van der Waals surface area contributed by atoms with Crippen LogP contribution in [0.25, 0.3) is 21.6 Å². The van der Waals surface area contributed by atoms with Crippen LogP contribution in [0.2, 0.25) is 5.02 Å². The van der Waals surface area contributed by atoms with Crippen molar-refractivity contribution in [1.29, 1.82) is 0 Å². The Hall–Kier alpha value is -1.93. The highest BCUT2D eigenvalue weighted by atomic mass is 35.5. The van der Waals surface area contributed by atoms with E-state index in [1.54, 1.807) is 23.1 Å². The maximum Gasteiger partial charge on any atom is 0.191 e. The molecular formula is C21H19ClN4OS2. The number of nitrogens with zero attached hydrogens (tertiary/aromatic N) is 4. The predicted molar refractivity (Wildman–Crippen MR) is 119 cm³/mol. The molecule has 0 aliphatic carbocycles. The van der Waals surface area contributed by atoms with Gasteiger partial charge in [0.2, 0.25) is 0 Å². The molecule has 1 saturated heterocycles. The number of thioether (sulfide) groups is 1. The second-order valence-corrected chi connectivity index (χ2v) is 9.42. The second-order valence-electron chi connectivity index (χ2n) is 6.92. The van der Waals surface area contributed by atoms with E-state index in [9.17, 15) is 0 Å². The molecule has 2 aromatic carbocycles. The standard InChI is InChI=1S/C21H19ClN4OS2/c22-15-9-7-14(8-10-15)20-24-25-21(26(20)12-16-4-3-11-27-16)28-13-19-23-17-5-1-2-6-18(17)29-19/h1-2,5-10,16H,3-4,11-13H2/t16-/m1/s1. The van der Waals surface area contributed by atoms with Gasteiger partial charge in [-0.1, -0.05) is 35.5 Å². The molecule has 5 rings (SSSR count). The van der Waals surface area contributed by atoms with Crippen molar-refractivity contribution in [3.05, 3.63) is 58.6 Å². The van der Waals surface area contributed by atoms with Crippen LogP contribution < -0.4 is 0 Å². The van der Waals surface area contributed by atoms with Crippen LogP contribution in [0.15, 0.2) is 53.7 Å². The first-order valence-corrected chi connectivity index (χ1v) is 11.7. The number of para-hydroxylation sites is 1. The Morgan fingerprint density at radius 1 is 1.14 bits per heavy atom. The lowest BCUT2D eigenvalue weighted by Crippen LogP contribution is -2.16. The molecule has 1 aliphatic heterocycles. The molecule has 4 aromatic rings. The van der Waals surface area contributed by atoms with Crippen molar-refractivity contribution >= 4 is 44.9 Å². The topological polar surface area (TPSA) is 52.8 Å². The van der Waals surface area contributed by atoms with E-state index in [2.05, 4.69) is 26.9 Å². The molecule has 2 aromatic heterocycles. The van der Waals surface area contributed by atoms with E-state index in [4.69, 9.17) is 21.3 Å². The molecule has 29 heavy (non-hydrogen) atoms. The van der Waals surface area contributed by atoms with Crippen LogP contribution in [-0.4, -0.2) is 32.5 Å². The highest BCUT2D eigenvalue weighted by molar-refractivity contribution is 7.98. The van der Waals surface area contributed by atoms with Crippen molar-refractivity contribution in [1.82, 2.24) is 19.7 Å². The van der Waals surface area contributed by atoms with Gasteiger partial charge in [0.1, 0.15) is 5.01 Å². The summed E-state index contributed by atoms with van der Waals surface area (Å²) in [5.41, 5.74) is 2.06. The van der Waals surface area contributed by atoms with E-state index in [0.717, 1.165) is 58.8 Å². The number of hydrogen-bond donors (Lipinski definition) is 0. The summed E-state index contributed by atoms with van der Waals surface area (Å²) in [4.78, 5) is 4.74. The van der Waals surface area contributed by atoms with Crippen LogP contribution in [0.1, 0.15) is 17.8 Å². The Balaban J connectivity index is 1.42. The highest BCUT2D eigenvalue weighted by Crippen LogP contribution is 2.31. The summed E-state index contributed by atoms with van der Waals surface area (Å²) in [6.07, 6.45) is 2.39. The zero-order valence-corrected chi connectivity index (χ0v) is 18.0. The van der Waals surface area contributed by atoms with E-state index in [1.165, 1.54) is 4.70 Å². The minimum atomic E-state index is 0.207. The summed E-state index contributed by atoms with van der Waals surface area (Å²) in [5, 5.41) is 11.7. The summed E-state index contributed by atoms with van der Waals surface area (Å²) in [5.74, 6) is 1.62. The SMILES string of the molecule is Clc1ccc(-c2nnc(SCc3nc4ccccc4s3)n2C[C@H]2CCCO2)cc1. The molecule has 0 radical (unpaired) electrons. The summed E-state index contributed by atoms with van der Waals surface area (Å²) < 4.78 is 9.27. The van der Waals surface area contributed by atoms with Crippen molar-refractivity contribution < 1.29 is 4.74 Å². The predicted octanol–water partition coefficient (Wildman–Crippen LogP) is 5.68. The lowest BCUT2D eigenvalue weighted by atomic mass is 10.2. The first-order valence-electron chi connectivity index (χ1n) is 9.54. The number of benzene rings is 2. The lowest BCUT2D eigenvalue weighted by molar-refractivity contribution is 0.0953. The van der Waals surface area contributed by atoms with Crippen LogP contribution >= 0.6 is 34.7 Å². The number of halogens is 1. The van der Waals surface area contributed by atoms with Gasteiger partial charge in [-0.15, -0.1) is 21.5 Å². The number of rotatable bonds is 6. The van der Waals surface area contributed by atoms with Gasteiger partial charge in [0.25, 0.3) is 0 Å². The first-order chi connectivity index (χ1) is 14.3. The summed E-state index contributed by atoms with van der Waals surface area (Å²) in [6.45, 7) is 1.59. The number of hydrogen-bond acceptors (Lipinski definition) is 6. The van der Waals surface area contributed by atoms with Crippen LogP contribution in [0, 0.1) is 0 Å². The van der Waals surface area contributed by atoms with Gasteiger partial charge in [-0.25, -0.2) is 4.98 Å². The Bertz CT molecular complexity index is 1090. The molecule has 1 fully saturated rings. The number of ether oxygens (including phenoxy) is 1. The molecule has 0 amide bonds. The van der Waals surface area contributed by atoms with Gasteiger partial charge < -0.3 is 4.74 Å². The van der Waals surface area contributed by atoms with Crippen molar-refractivity contribution in [2.45, 2.75) is 36.4 Å². The van der Waals surface area contributed by atoms with Gasteiger partial charge in [0.05, 0.1) is 28.6 Å². The van der Waals surface area contributed by atoms with E-state index in [0.29, 0.717) is 5.02 Å². The normalized spacial score (nSPS) is 16.7. The maximum atomic E-state index is 6.06. The van der Waals surface area contributed by atoms with E-state index >= 15 is 0 Å². The number of aromatic nitrogens is 4. The maximum absolute atomic E-state index is 6.06. The molecule has 0 N–H and O–H groups in total. The molecule has 8 heteroatoms. The molecule has 0 unspecified atom stereocenters. The third-order valence-electron chi connectivity index (χ3n) is 4.89. The van der Waals surface area contributed by atoms with Gasteiger partial charge in [-0.05, 0) is 49.2 Å². The number of fused-ring (bicyclic) bond motifs is 1. The largest absolute Gasteiger partial charge is 0.376 e. The molecule has 148 valence electrons. The van der Waals surface area contributed by atoms with Crippen LogP contribution in [0.4, 0.5) is 0 Å². The minimum absolute atomic E-state index is 0.207. The Morgan fingerprint density at radius 2 is 2.00 bits per heavy atom. The fourth-order valence-electron chi connectivity index (χ4n) is 3.47. The van der Waals surface area contributed by atoms with Crippen molar-refractivity contribution in [2.75, 3.05) is 6.61 Å². The Morgan fingerprint density at radius 3 is 2.79 bits per heavy atom. The zero-order chi connectivity index (χ0) is 19.6. The molecule has 0 spiro atoms. The average Bonchev–Trinajstić information content (AvgIpc) is 3.47. The Kier molecular flexibility index (Phi) is 5.54. The molecule has 1 aliphatic rings. The van der Waals surface area contributed by atoms with Gasteiger partial charge in [0, 0.05) is 17.2 Å². The fraction of sp³-hybridized carbons (Fsp3) is 0.286. The zero-order valence-electron chi connectivity index (χ0n) is 15.6. The monoisotopic (exact) mass is 442 g/mol. The van der Waals surface area contributed by atoms with Gasteiger partial charge in [-0.2, -0.15) is 0 Å². The molecule has 0 bridgehead atoms. The second kappa shape index (κ2) is 8.44. The van der Waals surface area contributed by atoms with E-state index in [1.807, 2.05) is 36.4 Å². The summed E-state index contributed by atoms with van der Waals surface area (Å²) in [6, 6.07) is 16.0. The lowest BCUT2D eigenvalue weighted by Gasteiger charge is -2.14. The highest BCUT2D eigenvalue weighted by Gasteiger charge is 2.22. The first kappa shape index (κ1) is 19.1. The third-order valence-corrected chi connectivity index (χ3v) is 7.34. The van der Waals surface area contributed by atoms with Crippen LogP contribution in [-0.2, 0) is 17.0 Å². The van der Waals surface area contributed by atoms with Gasteiger partial charge >= 0.3 is 0 Å². The summed E-state index contributed by atoms with van der Waals surface area (Å²) in [7, 11) is 0. The molecule has 0 saturated carbocycles. The van der Waals surface area contributed by atoms with E-state index in [-0.39, 0.29) is 6.10 Å². The molecule has 5 nitrogen and oxygen atoms in total. The number of thiazole rings is 1. The van der Waals surface area contributed by atoms with Crippen LogP contribution in [0.3, 0.4) is 0 Å². The van der Waals surface area contributed by atoms with Gasteiger partial charge in [0.15, 0.2) is 11.0 Å². The van der Waals surface area contributed by atoms with Gasteiger partial charge in [-0.3, -0.25) is 4.57 Å². The fourth-order valence-corrected chi connectivity index (χ4v) is 5.51. The van der Waals surface area contributed by atoms with Crippen LogP contribution in [0.5, 0.6) is 0 Å². The van der Waals surface area contributed by atoms with E-state index < -0.39 is 0 Å². The Labute approximate surface area is 182 Å².